The summed E-state index contributed by atoms with van der Waals surface area (Å²) in [6.07, 6.45) is 0.0441. The summed E-state index contributed by atoms with van der Waals surface area (Å²) in [6.45, 7) is 1.54. The molecule has 0 aliphatic carbocycles. The van der Waals surface area contributed by atoms with Crippen molar-refractivity contribution in [2.24, 2.45) is 0 Å². The van der Waals surface area contributed by atoms with Gasteiger partial charge in [0.1, 0.15) is 10.6 Å². The van der Waals surface area contributed by atoms with Gasteiger partial charge in [0.2, 0.25) is 0 Å². The molecular formula is C11H12O4S. The number of benzene rings is 1. The molecule has 16 heavy (non-hydrogen) atoms. The highest BCUT2D eigenvalue weighted by Gasteiger charge is 2.37. The van der Waals surface area contributed by atoms with Crippen molar-refractivity contribution in [2.45, 2.75) is 23.5 Å². The number of Topliss-reactive ketones (excluding diaryl/α,β-unsaturated/α-hetero) is 1. The van der Waals surface area contributed by atoms with Crippen LogP contribution in [0.15, 0.2) is 23.1 Å². The second-order valence-corrected chi connectivity index (χ2v) is 6.12. The SMILES string of the molecule is COc1cccc2c1S(=O)(=O)C(C)CC2=O. The van der Waals surface area contributed by atoms with Crippen LogP contribution in [0.5, 0.6) is 5.75 Å². The molecule has 1 aliphatic rings. The van der Waals surface area contributed by atoms with Crippen LogP contribution in [0.1, 0.15) is 23.7 Å². The lowest BCUT2D eigenvalue weighted by atomic mass is 10.1. The van der Waals surface area contributed by atoms with E-state index < -0.39 is 15.1 Å². The van der Waals surface area contributed by atoms with E-state index in [1.165, 1.54) is 13.2 Å². The Kier molecular flexibility index (Phi) is 2.50. The van der Waals surface area contributed by atoms with Crippen molar-refractivity contribution < 1.29 is 17.9 Å². The van der Waals surface area contributed by atoms with Crippen LogP contribution in [0, 0.1) is 0 Å². The van der Waals surface area contributed by atoms with E-state index in [0.717, 1.165) is 0 Å². The third kappa shape index (κ3) is 1.43. The zero-order chi connectivity index (χ0) is 11.9. The molecule has 0 saturated carbocycles. The number of carbonyl (C=O) groups excluding carboxylic acids is 1. The summed E-state index contributed by atoms with van der Waals surface area (Å²) < 4.78 is 29.2. The highest BCUT2D eigenvalue weighted by molar-refractivity contribution is 7.92. The molecule has 1 aromatic rings. The van der Waals surface area contributed by atoms with Crippen molar-refractivity contribution >= 4 is 15.6 Å². The second-order valence-electron chi connectivity index (χ2n) is 3.82. The number of rotatable bonds is 1. The number of hydrogen-bond acceptors (Lipinski definition) is 4. The quantitative estimate of drug-likeness (QED) is 0.745. The molecule has 0 fully saturated rings. The fraction of sp³-hybridized carbons (Fsp3) is 0.364. The molecule has 2 rings (SSSR count). The number of ether oxygens (including phenoxy) is 1. The Hall–Kier alpha value is -1.36. The van der Waals surface area contributed by atoms with Crippen LogP contribution in [0.3, 0.4) is 0 Å². The van der Waals surface area contributed by atoms with Crippen molar-refractivity contribution in [3.05, 3.63) is 23.8 Å². The molecule has 5 heteroatoms. The largest absolute Gasteiger partial charge is 0.495 e. The number of methoxy groups -OCH3 is 1. The smallest absolute Gasteiger partial charge is 0.185 e. The fourth-order valence-electron chi connectivity index (χ4n) is 1.87. The van der Waals surface area contributed by atoms with Crippen molar-refractivity contribution in [1.82, 2.24) is 0 Å². The van der Waals surface area contributed by atoms with Crippen molar-refractivity contribution in [2.75, 3.05) is 7.11 Å². The first-order chi connectivity index (χ1) is 7.48. The van der Waals surface area contributed by atoms with Crippen LogP contribution in [0.2, 0.25) is 0 Å². The Balaban J connectivity index is 2.81. The maximum atomic E-state index is 12.1. The third-order valence-corrected chi connectivity index (χ3v) is 5.00. The molecule has 1 aliphatic heterocycles. The average Bonchev–Trinajstić information content (AvgIpc) is 2.26. The highest BCUT2D eigenvalue weighted by atomic mass is 32.2. The van der Waals surface area contributed by atoms with Gasteiger partial charge >= 0.3 is 0 Å². The Morgan fingerprint density at radius 2 is 2.06 bits per heavy atom. The molecule has 1 unspecified atom stereocenters. The van der Waals surface area contributed by atoms with Crippen molar-refractivity contribution in [1.29, 1.82) is 0 Å². The zero-order valence-electron chi connectivity index (χ0n) is 9.06. The molecule has 4 nitrogen and oxygen atoms in total. The van der Waals surface area contributed by atoms with Crippen LogP contribution in [-0.2, 0) is 9.84 Å². The first-order valence-corrected chi connectivity index (χ1v) is 6.47. The van der Waals surface area contributed by atoms with Gasteiger partial charge in [-0.15, -0.1) is 0 Å². The van der Waals surface area contributed by atoms with E-state index in [1.807, 2.05) is 0 Å². The molecule has 1 aromatic carbocycles. The van der Waals surface area contributed by atoms with Crippen LogP contribution in [0.4, 0.5) is 0 Å². The molecule has 0 aromatic heterocycles. The van der Waals surface area contributed by atoms with E-state index in [2.05, 4.69) is 0 Å². The predicted molar refractivity (Wildman–Crippen MR) is 58.6 cm³/mol. The number of ketones is 1. The third-order valence-electron chi connectivity index (χ3n) is 2.79. The molecule has 0 N–H and O–H groups in total. The minimum atomic E-state index is -3.44. The molecule has 0 radical (unpaired) electrons. The van der Waals surface area contributed by atoms with E-state index in [1.54, 1.807) is 19.1 Å². The average molecular weight is 240 g/mol. The lowest BCUT2D eigenvalue weighted by Gasteiger charge is -2.22. The van der Waals surface area contributed by atoms with Gasteiger partial charge in [-0.3, -0.25) is 4.79 Å². The van der Waals surface area contributed by atoms with Crippen LogP contribution in [0.25, 0.3) is 0 Å². The maximum Gasteiger partial charge on any atom is 0.185 e. The molecule has 86 valence electrons. The van der Waals surface area contributed by atoms with Crippen LogP contribution >= 0.6 is 0 Å². The normalized spacial score (nSPS) is 22.6. The monoisotopic (exact) mass is 240 g/mol. The Morgan fingerprint density at radius 3 is 2.69 bits per heavy atom. The number of carbonyl (C=O) groups is 1. The van der Waals surface area contributed by atoms with E-state index in [0.29, 0.717) is 0 Å². The van der Waals surface area contributed by atoms with Gasteiger partial charge in [-0.25, -0.2) is 8.42 Å². The molecule has 1 atom stereocenters. The van der Waals surface area contributed by atoms with Gasteiger partial charge < -0.3 is 4.74 Å². The summed E-state index contributed by atoms with van der Waals surface area (Å²) in [5, 5.41) is -0.677. The van der Waals surface area contributed by atoms with Gasteiger partial charge in [0.15, 0.2) is 15.6 Å². The van der Waals surface area contributed by atoms with Gasteiger partial charge in [-0.1, -0.05) is 6.07 Å². The number of sulfone groups is 1. The Bertz CT molecular complexity index is 545. The van der Waals surface area contributed by atoms with Gasteiger partial charge in [-0.2, -0.15) is 0 Å². The number of hydrogen-bond donors (Lipinski definition) is 0. The molecular weight excluding hydrogens is 228 g/mol. The number of fused-ring (bicyclic) bond motifs is 1. The highest BCUT2D eigenvalue weighted by Crippen LogP contribution is 2.36. The van der Waals surface area contributed by atoms with Crippen molar-refractivity contribution in [3.63, 3.8) is 0 Å². The topological polar surface area (TPSA) is 60.4 Å². The minimum Gasteiger partial charge on any atom is -0.495 e. The molecule has 0 amide bonds. The molecule has 1 heterocycles. The molecule has 0 saturated heterocycles. The standard InChI is InChI=1S/C11H12O4S/c1-7-6-9(12)8-4-3-5-10(15-2)11(8)16(7,13)14/h3-5,7H,6H2,1-2H3. The van der Waals surface area contributed by atoms with E-state index in [4.69, 9.17) is 4.74 Å². The summed E-state index contributed by atoms with van der Waals surface area (Å²) in [5.74, 6) is 0.105. The second kappa shape index (κ2) is 3.59. The minimum absolute atomic E-state index is 0.0428. The van der Waals surface area contributed by atoms with Gasteiger partial charge in [0, 0.05) is 12.0 Å². The van der Waals surface area contributed by atoms with Crippen LogP contribution < -0.4 is 4.74 Å². The fourth-order valence-corrected chi connectivity index (χ4v) is 3.56. The first kappa shape index (κ1) is 11.1. The van der Waals surface area contributed by atoms with Gasteiger partial charge in [-0.05, 0) is 19.1 Å². The predicted octanol–water partition coefficient (Wildman–Crippen LogP) is 1.44. The van der Waals surface area contributed by atoms with E-state index >= 15 is 0 Å². The van der Waals surface area contributed by atoms with Crippen molar-refractivity contribution in [3.8, 4) is 5.75 Å². The first-order valence-electron chi connectivity index (χ1n) is 4.92. The molecule has 0 spiro atoms. The molecule has 0 bridgehead atoms. The maximum absolute atomic E-state index is 12.1. The summed E-state index contributed by atoms with van der Waals surface area (Å²) in [7, 11) is -2.04. The van der Waals surface area contributed by atoms with Gasteiger partial charge in [0.25, 0.3) is 0 Å². The lowest BCUT2D eigenvalue weighted by molar-refractivity contribution is 0.0975. The zero-order valence-corrected chi connectivity index (χ0v) is 9.87. The lowest BCUT2D eigenvalue weighted by Crippen LogP contribution is -2.29. The summed E-state index contributed by atoms with van der Waals surface area (Å²) in [4.78, 5) is 11.8. The summed E-state index contributed by atoms with van der Waals surface area (Å²) in [6, 6.07) is 4.71. The van der Waals surface area contributed by atoms with E-state index in [-0.39, 0.29) is 28.4 Å². The summed E-state index contributed by atoms with van der Waals surface area (Å²) >= 11 is 0. The van der Waals surface area contributed by atoms with Crippen LogP contribution in [-0.4, -0.2) is 26.6 Å². The Morgan fingerprint density at radius 1 is 1.38 bits per heavy atom. The van der Waals surface area contributed by atoms with Gasteiger partial charge in [0.05, 0.1) is 12.4 Å². The van der Waals surface area contributed by atoms with E-state index in [9.17, 15) is 13.2 Å². The Labute approximate surface area is 94.2 Å². The summed E-state index contributed by atoms with van der Waals surface area (Å²) in [5.41, 5.74) is 0.248.